The average Bonchev–Trinajstić information content (AvgIpc) is 2.91. The van der Waals surface area contributed by atoms with Crippen LogP contribution >= 0.6 is 0 Å². The summed E-state index contributed by atoms with van der Waals surface area (Å²) < 4.78 is 0. The van der Waals surface area contributed by atoms with E-state index in [0.717, 1.165) is 17.1 Å². The maximum atomic E-state index is 2.31. The molecule has 0 fully saturated rings. The van der Waals surface area contributed by atoms with Gasteiger partial charge in [0.25, 0.3) is 0 Å². The molecule has 0 unspecified atom stereocenters. The van der Waals surface area contributed by atoms with Crippen LogP contribution in [0.1, 0.15) is 22.3 Å². The first-order valence-corrected chi connectivity index (χ1v) is 12.0. The number of hydrogen-bond donors (Lipinski definition) is 0. The van der Waals surface area contributed by atoms with Gasteiger partial charge in [-0.15, -0.1) is 0 Å². The van der Waals surface area contributed by atoms with Gasteiger partial charge in [-0.05, 0) is 72.5 Å². The molecule has 0 radical (unpaired) electrons. The maximum Gasteiger partial charge on any atom is 0.0462 e. The van der Waals surface area contributed by atoms with E-state index >= 15 is 0 Å². The van der Waals surface area contributed by atoms with E-state index in [-0.39, 0.29) is 0 Å². The Bertz CT molecular complexity index is 1370. The monoisotopic (exact) mass is 451 g/mol. The third kappa shape index (κ3) is 5.26. The van der Waals surface area contributed by atoms with E-state index in [0.29, 0.717) is 0 Å². The second-order valence-electron chi connectivity index (χ2n) is 8.88. The van der Waals surface area contributed by atoms with E-state index in [1.165, 1.54) is 33.4 Å². The Balaban J connectivity index is 1.50. The van der Waals surface area contributed by atoms with Crippen LogP contribution in [0.5, 0.6) is 0 Å². The minimum Gasteiger partial charge on any atom is -0.311 e. The van der Waals surface area contributed by atoms with Crippen LogP contribution in [0.25, 0.3) is 23.3 Å². The topological polar surface area (TPSA) is 3.24 Å². The summed E-state index contributed by atoms with van der Waals surface area (Å²) in [4.78, 5) is 2.31. The van der Waals surface area contributed by atoms with Gasteiger partial charge in [-0.3, -0.25) is 0 Å². The molecule has 0 N–H and O–H groups in total. The van der Waals surface area contributed by atoms with Crippen molar-refractivity contribution < 1.29 is 0 Å². The molecule has 5 rings (SSSR count). The van der Waals surface area contributed by atoms with Gasteiger partial charge in [-0.25, -0.2) is 0 Å². The first kappa shape index (κ1) is 22.4. The predicted molar refractivity (Wildman–Crippen MR) is 151 cm³/mol. The normalized spacial score (nSPS) is 11.0. The highest BCUT2D eigenvalue weighted by molar-refractivity contribution is 5.83. The Hall–Kier alpha value is -4.36. The van der Waals surface area contributed by atoms with Crippen molar-refractivity contribution >= 4 is 29.2 Å². The van der Waals surface area contributed by atoms with Crippen molar-refractivity contribution in [3.63, 3.8) is 0 Å². The van der Waals surface area contributed by atoms with Crippen molar-refractivity contribution in [2.75, 3.05) is 4.90 Å². The third-order valence-corrected chi connectivity index (χ3v) is 6.24. The van der Waals surface area contributed by atoms with Gasteiger partial charge in [-0.2, -0.15) is 0 Å². The largest absolute Gasteiger partial charge is 0.311 e. The molecule has 35 heavy (non-hydrogen) atoms. The molecule has 170 valence electrons. The molecular formula is C34H29N. The van der Waals surface area contributed by atoms with Crippen LogP contribution < -0.4 is 4.90 Å². The van der Waals surface area contributed by atoms with Crippen LogP contribution in [-0.4, -0.2) is 0 Å². The molecule has 0 saturated carbocycles. The molecule has 0 aromatic heterocycles. The van der Waals surface area contributed by atoms with E-state index in [4.69, 9.17) is 0 Å². The summed E-state index contributed by atoms with van der Waals surface area (Å²) >= 11 is 0. The van der Waals surface area contributed by atoms with Crippen molar-refractivity contribution in [3.05, 3.63) is 150 Å². The lowest BCUT2D eigenvalue weighted by atomic mass is 9.98. The number of benzene rings is 5. The molecule has 0 aliphatic carbocycles. The average molecular weight is 452 g/mol. The summed E-state index contributed by atoms with van der Waals surface area (Å²) in [5.41, 5.74) is 10.8. The first-order chi connectivity index (χ1) is 17.2. The molecule has 0 atom stereocenters. The molecule has 5 aromatic carbocycles. The van der Waals surface area contributed by atoms with Crippen molar-refractivity contribution in [1.29, 1.82) is 0 Å². The molecule has 5 aromatic rings. The second-order valence-corrected chi connectivity index (χ2v) is 8.88. The number of anilines is 3. The van der Waals surface area contributed by atoms with Gasteiger partial charge < -0.3 is 4.90 Å². The standard InChI is InChI=1S/C34H29N/c1-26-12-20-31(21-13-26)35(32-22-14-27(2)15-23-32)33-24-18-30(19-25-33)34-11-7-6-10-29(34)17-16-28-8-4-3-5-9-28/h3-25H,1-2H3/b17-16+. The quantitative estimate of drug-likeness (QED) is 0.232. The van der Waals surface area contributed by atoms with Crippen LogP contribution in [-0.2, 0) is 0 Å². The summed E-state index contributed by atoms with van der Waals surface area (Å²) in [6.45, 7) is 4.25. The zero-order valence-electron chi connectivity index (χ0n) is 20.2. The molecule has 0 heterocycles. The Morgan fingerprint density at radius 3 is 1.51 bits per heavy atom. The van der Waals surface area contributed by atoms with Gasteiger partial charge >= 0.3 is 0 Å². The van der Waals surface area contributed by atoms with Crippen LogP contribution in [0.15, 0.2) is 127 Å². The lowest BCUT2D eigenvalue weighted by Crippen LogP contribution is -2.09. The summed E-state index contributed by atoms with van der Waals surface area (Å²) in [5, 5.41) is 0. The molecule has 0 amide bonds. The fourth-order valence-electron chi connectivity index (χ4n) is 4.28. The predicted octanol–water partition coefficient (Wildman–Crippen LogP) is 9.61. The van der Waals surface area contributed by atoms with E-state index in [1.807, 2.05) is 6.07 Å². The van der Waals surface area contributed by atoms with Gasteiger partial charge in [0.15, 0.2) is 0 Å². The highest BCUT2D eigenvalue weighted by Crippen LogP contribution is 2.36. The summed E-state index contributed by atoms with van der Waals surface area (Å²) in [7, 11) is 0. The van der Waals surface area contributed by atoms with Crippen LogP contribution in [0, 0.1) is 13.8 Å². The van der Waals surface area contributed by atoms with Gasteiger partial charge in [0.05, 0.1) is 0 Å². The highest BCUT2D eigenvalue weighted by atomic mass is 15.1. The Kier molecular flexibility index (Phi) is 6.59. The minimum absolute atomic E-state index is 1.14. The van der Waals surface area contributed by atoms with Gasteiger partial charge in [0.2, 0.25) is 0 Å². The number of rotatable bonds is 6. The molecule has 0 spiro atoms. The van der Waals surface area contributed by atoms with Crippen molar-refractivity contribution in [1.82, 2.24) is 0 Å². The smallest absolute Gasteiger partial charge is 0.0462 e. The Morgan fingerprint density at radius 1 is 0.457 bits per heavy atom. The van der Waals surface area contributed by atoms with Crippen molar-refractivity contribution in [2.24, 2.45) is 0 Å². The van der Waals surface area contributed by atoms with Crippen LogP contribution in [0.2, 0.25) is 0 Å². The van der Waals surface area contributed by atoms with E-state index in [2.05, 4.69) is 152 Å². The molecule has 1 heteroatoms. The fraction of sp³-hybridized carbons (Fsp3) is 0.0588. The zero-order chi connectivity index (χ0) is 24.0. The Labute approximate surface area is 208 Å². The van der Waals surface area contributed by atoms with Crippen molar-refractivity contribution in [3.8, 4) is 11.1 Å². The number of aryl methyl sites for hydroxylation is 2. The minimum atomic E-state index is 1.14. The van der Waals surface area contributed by atoms with Crippen molar-refractivity contribution in [2.45, 2.75) is 13.8 Å². The van der Waals surface area contributed by atoms with E-state index in [1.54, 1.807) is 0 Å². The summed E-state index contributed by atoms with van der Waals surface area (Å²) in [6, 6.07) is 45.3. The van der Waals surface area contributed by atoms with Crippen LogP contribution in [0.3, 0.4) is 0 Å². The number of nitrogens with zero attached hydrogens (tertiary/aromatic N) is 1. The molecule has 0 bridgehead atoms. The second kappa shape index (κ2) is 10.3. The van der Waals surface area contributed by atoms with Gasteiger partial charge in [0, 0.05) is 17.1 Å². The molecular weight excluding hydrogens is 422 g/mol. The SMILES string of the molecule is Cc1ccc(N(c2ccc(C)cc2)c2ccc(-c3ccccc3/C=C/c3ccccc3)cc2)cc1. The Morgan fingerprint density at radius 2 is 0.943 bits per heavy atom. The van der Waals surface area contributed by atoms with Gasteiger partial charge in [-0.1, -0.05) is 114 Å². The van der Waals surface area contributed by atoms with Gasteiger partial charge in [0.1, 0.15) is 0 Å². The molecule has 0 saturated heterocycles. The molecule has 0 aliphatic heterocycles. The summed E-state index contributed by atoms with van der Waals surface area (Å²) in [5.74, 6) is 0. The van der Waals surface area contributed by atoms with Crippen LogP contribution in [0.4, 0.5) is 17.1 Å². The lowest BCUT2D eigenvalue weighted by Gasteiger charge is -2.26. The van der Waals surface area contributed by atoms with E-state index in [9.17, 15) is 0 Å². The number of hydrogen-bond acceptors (Lipinski definition) is 1. The molecule has 1 nitrogen and oxygen atoms in total. The van der Waals surface area contributed by atoms with E-state index < -0.39 is 0 Å². The lowest BCUT2D eigenvalue weighted by molar-refractivity contribution is 1.27. The summed E-state index contributed by atoms with van der Waals surface area (Å²) in [6.07, 6.45) is 4.37. The first-order valence-electron chi connectivity index (χ1n) is 12.0. The third-order valence-electron chi connectivity index (χ3n) is 6.24. The highest BCUT2D eigenvalue weighted by Gasteiger charge is 2.13. The fourth-order valence-corrected chi connectivity index (χ4v) is 4.28. The zero-order valence-corrected chi connectivity index (χ0v) is 20.2. The maximum absolute atomic E-state index is 2.31. The molecule has 0 aliphatic rings.